The summed E-state index contributed by atoms with van der Waals surface area (Å²) in [5.74, 6) is -0.539. The van der Waals surface area contributed by atoms with Crippen molar-refractivity contribution < 1.29 is 9.63 Å². The molecule has 0 spiro atoms. The predicted molar refractivity (Wildman–Crippen MR) is 73.7 cm³/mol. The van der Waals surface area contributed by atoms with E-state index in [4.69, 9.17) is 28.0 Å². The Balaban J connectivity index is 2.02. The molecule has 4 nitrogen and oxygen atoms in total. The van der Waals surface area contributed by atoms with E-state index in [-0.39, 0.29) is 10.3 Å². The molecule has 1 heterocycles. The van der Waals surface area contributed by atoms with Crippen LogP contribution in [0.25, 0.3) is 0 Å². The molecule has 6 heteroatoms. The highest BCUT2D eigenvalue weighted by molar-refractivity contribution is 6.32. The summed E-state index contributed by atoms with van der Waals surface area (Å²) < 4.78 is 0. The summed E-state index contributed by atoms with van der Waals surface area (Å²) >= 11 is 11.4. The van der Waals surface area contributed by atoms with Crippen LogP contribution in [0.15, 0.2) is 47.6 Å². The first kappa shape index (κ1) is 13.5. The van der Waals surface area contributed by atoms with Crippen LogP contribution in [0.1, 0.15) is 15.9 Å². The van der Waals surface area contributed by atoms with E-state index in [0.717, 1.165) is 0 Å². The van der Waals surface area contributed by atoms with Crippen LogP contribution in [0.5, 0.6) is 0 Å². The van der Waals surface area contributed by atoms with Crippen molar-refractivity contribution in [3.8, 4) is 0 Å². The first-order chi connectivity index (χ1) is 9.15. The van der Waals surface area contributed by atoms with Gasteiger partial charge in [0.25, 0.3) is 0 Å². The van der Waals surface area contributed by atoms with Crippen molar-refractivity contribution in [3.63, 3.8) is 0 Å². The molecule has 2 aromatic rings. The Morgan fingerprint density at radius 3 is 2.42 bits per heavy atom. The molecule has 19 heavy (non-hydrogen) atoms. The molecule has 0 bridgehead atoms. The van der Waals surface area contributed by atoms with E-state index in [1.807, 2.05) is 0 Å². The number of oxime groups is 1. The fourth-order valence-electron chi connectivity index (χ4n) is 1.32. The number of halogens is 2. The Kier molecular flexibility index (Phi) is 4.49. The van der Waals surface area contributed by atoms with Crippen LogP contribution in [0, 0.1) is 0 Å². The lowest BCUT2D eigenvalue weighted by Gasteiger charge is -1.98. The molecule has 0 unspecified atom stereocenters. The van der Waals surface area contributed by atoms with Gasteiger partial charge in [-0.2, -0.15) is 0 Å². The zero-order valence-electron chi connectivity index (χ0n) is 9.59. The molecule has 0 aliphatic heterocycles. The van der Waals surface area contributed by atoms with E-state index in [9.17, 15) is 4.79 Å². The first-order valence-corrected chi connectivity index (χ1v) is 6.03. The Morgan fingerprint density at radius 1 is 1.16 bits per heavy atom. The molecule has 2 rings (SSSR count). The molecule has 96 valence electrons. The van der Waals surface area contributed by atoms with Crippen LogP contribution in [0.3, 0.4) is 0 Å². The molecular weight excluding hydrogens is 287 g/mol. The van der Waals surface area contributed by atoms with Crippen LogP contribution in [0.4, 0.5) is 0 Å². The largest absolute Gasteiger partial charge is 0.365 e. The van der Waals surface area contributed by atoms with Gasteiger partial charge in [-0.3, -0.25) is 0 Å². The van der Waals surface area contributed by atoms with Crippen LogP contribution >= 0.6 is 23.2 Å². The number of aromatic nitrogens is 1. The zero-order valence-corrected chi connectivity index (χ0v) is 11.1. The maximum absolute atomic E-state index is 11.6. The maximum atomic E-state index is 11.6. The van der Waals surface area contributed by atoms with Gasteiger partial charge in [0.05, 0.1) is 11.8 Å². The molecule has 1 aromatic carbocycles. The summed E-state index contributed by atoms with van der Waals surface area (Å²) in [6, 6.07) is 11.7. The van der Waals surface area contributed by atoms with E-state index in [1.54, 1.807) is 42.5 Å². The standard InChI is InChI=1S/C13H8Cl2N2O2/c14-11-6-9(7-12(15)17-11)8-16-19-13(18)10-4-2-1-3-5-10/h1-8H/b16-8+. The van der Waals surface area contributed by atoms with Crippen molar-refractivity contribution in [2.75, 3.05) is 0 Å². The highest BCUT2D eigenvalue weighted by Gasteiger charge is 2.04. The molecule has 0 fully saturated rings. The third-order valence-electron chi connectivity index (χ3n) is 2.13. The Bertz CT molecular complexity index is 595. The number of rotatable bonds is 3. The summed E-state index contributed by atoms with van der Waals surface area (Å²) in [4.78, 5) is 20.1. The highest BCUT2D eigenvalue weighted by atomic mass is 35.5. The molecular formula is C13H8Cl2N2O2. The molecule has 0 saturated carbocycles. The number of carbonyl (C=O) groups is 1. The summed E-state index contributed by atoms with van der Waals surface area (Å²) in [7, 11) is 0. The summed E-state index contributed by atoms with van der Waals surface area (Å²) in [5, 5.41) is 4.06. The van der Waals surface area contributed by atoms with Crippen LogP contribution < -0.4 is 0 Å². The molecule has 0 amide bonds. The first-order valence-electron chi connectivity index (χ1n) is 5.28. The van der Waals surface area contributed by atoms with Crippen molar-refractivity contribution in [2.24, 2.45) is 5.16 Å². The van der Waals surface area contributed by atoms with Crippen molar-refractivity contribution >= 4 is 35.4 Å². The summed E-state index contributed by atoms with van der Waals surface area (Å²) in [6.45, 7) is 0. The lowest BCUT2D eigenvalue weighted by Crippen LogP contribution is -2.00. The van der Waals surface area contributed by atoms with Crippen LogP contribution in [-0.2, 0) is 4.84 Å². The zero-order chi connectivity index (χ0) is 13.7. The maximum Gasteiger partial charge on any atom is 0.365 e. The molecule has 0 aliphatic carbocycles. The van der Waals surface area contributed by atoms with Crippen LogP contribution in [0.2, 0.25) is 10.3 Å². The second-order valence-electron chi connectivity index (χ2n) is 3.53. The van der Waals surface area contributed by atoms with Gasteiger partial charge >= 0.3 is 5.97 Å². The minimum absolute atomic E-state index is 0.239. The minimum atomic E-state index is -0.539. The Morgan fingerprint density at radius 2 is 1.79 bits per heavy atom. The summed E-state index contributed by atoms with van der Waals surface area (Å²) in [5.41, 5.74) is 1.01. The van der Waals surface area contributed by atoms with Gasteiger partial charge in [0.15, 0.2) is 0 Å². The van der Waals surface area contributed by atoms with Gasteiger partial charge in [0, 0.05) is 5.56 Å². The number of hydrogen-bond donors (Lipinski definition) is 0. The average Bonchev–Trinajstić information content (AvgIpc) is 2.38. The number of nitrogens with zero attached hydrogens (tertiary/aromatic N) is 2. The minimum Gasteiger partial charge on any atom is -0.313 e. The van der Waals surface area contributed by atoms with E-state index in [0.29, 0.717) is 11.1 Å². The van der Waals surface area contributed by atoms with E-state index in [2.05, 4.69) is 10.1 Å². The average molecular weight is 295 g/mol. The molecule has 1 aromatic heterocycles. The molecule has 0 aliphatic rings. The van der Waals surface area contributed by atoms with Crippen LogP contribution in [-0.4, -0.2) is 17.2 Å². The number of carbonyl (C=O) groups excluding carboxylic acids is 1. The predicted octanol–water partition coefficient (Wildman–Crippen LogP) is 3.58. The Labute approximate surface area is 119 Å². The lowest BCUT2D eigenvalue weighted by molar-refractivity contribution is 0.0519. The van der Waals surface area contributed by atoms with Gasteiger partial charge in [0.2, 0.25) is 0 Å². The van der Waals surface area contributed by atoms with Gasteiger partial charge in [-0.25, -0.2) is 9.78 Å². The molecule has 0 saturated heterocycles. The van der Waals surface area contributed by atoms with Gasteiger partial charge in [-0.1, -0.05) is 46.6 Å². The van der Waals surface area contributed by atoms with Gasteiger partial charge in [-0.15, -0.1) is 0 Å². The van der Waals surface area contributed by atoms with E-state index < -0.39 is 5.97 Å². The number of pyridine rings is 1. The second-order valence-corrected chi connectivity index (χ2v) is 4.30. The summed E-state index contributed by atoms with van der Waals surface area (Å²) in [6.07, 6.45) is 1.33. The van der Waals surface area contributed by atoms with Gasteiger partial charge in [0.1, 0.15) is 10.3 Å². The number of hydrogen-bond acceptors (Lipinski definition) is 4. The highest BCUT2D eigenvalue weighted by Crippen LogP contribution is 2.13. The fourth-order valence-corrected chi connectivity index (χ4v) is 1.80. The normalized spacial score (nSPS) is 10.6. The second kappa shape index (κ2) is 6.31. The molecule has 0 N–H and O–H groups in total. The van der Waals surface area contributed by atoms with Crippen molar-refractivity contribution in [1.82, 2.24) is 4.98 Å². The third kappa shape index (κ3) is 4.05. The monoisotopic (exact) mass is 294 g/mol. The number of benzene rings is 1. The van der Waals surface area contributed by atoms with Gasteiger partial charge < -0.3 is 4.84 Å². The van der Waals surface area contributed by atoms with Crippen molar-refractivity contribution in [2.45, 2.75) is 0 Å². The SMILES string of the molecule is O=C(O/N=C/c1cc(Cl)nc(Cl)c1)c1ccccc1. The van der Waals surface area contributed by atoms with E-state index in [1.165, 1.54) is 6.21 Å². The third-order valence-corrected chi connectivity index (χ3v) is 2.52. The topological polar surface area (TPSA) is 51.5 Å². The lowest BCUT2D eigenvalue weighted by atomic mass is 10.2. The smallest absolute Gasteiger partial charge is 0.313 e. The molecule has 0 radical (unpaired) electrons. The van der Waals surface area contributed by atoms with E-state index >= 15 is 0 Å². The van der Waals surface area contributed by atoms with Crippen molar-refractivity contribution in [3.05, 3.63) is 63.9 Å². The quantitative estimate of drug-likeness (QED) is 0.376. The Hall–Kier alpha value is -1.91. The van der Waals surface area contributed by atoms with Gasteiger partial charge in [-0.05, 0) is 24.3 Å². The van der Waals surface area contributed by atoms with Crippen molar-refractivity contribution in [1.29, 1.82) is 0 Å². The fraction of sp³-hybridized carbons (Fsp3) is 0. The molecule has 0 atom stereocenters.